The number of nitrogens with zero attached hydrogens (tertiary/aromatic N) is 4. The van der Waals surface area contributed by atoms with Gasteiger partial charge in [0.25, 0.3) is 0 Å². The fourth-order valence-electron chi connectivity index (χ4n) is 2.51. The molecular formula is C18H14N5+. The molecule has 0 radical (unpaired) electrons. The summed E-state index contributed by atoms with van der Waals surface area (Å²) in [5, 5.41) is 16.6. The van der Waals surface area contributed by atoms with Gasteiger partial charge < -0.3 is 0 Å². The smallest absolute Gasteiger partial charge is 0.257 e. The molecule has 5 nitrogen and oxygen atoms in total. The molecule has 3 aromatic rings. The van der Waals surface area contributed by atoms with Crippen LogP contribution in [0.15, 0.2) is 42.7 Å². The van der Waals surface area contributed by atoms with Crippen LogP contribution in [-0.2, 0) is 0 Å². The van der Waals surface area contributed by atoms with Gasteiger partial charge in [0.15, 0.2) is 5.69 Å². The molecule has 1 N–H and O–H groups in total. The third-order valence-corrected chi connectivity index (χ3v) is 3.41. The van der Waals surface area contributed by atoms with E-state index in [0.29, 0.717) is 17.0 Å². The number of nitriles is 1. The van der Waals surface area contributed by atoms with Crippen molar-refractivity contribution in [3.8, 4) is 11.9 Å². The zero-order valence-electron chi connectivity index (χ0n) is 12.8. The minimum Gasteiger partial charge on any atom is -0.257 e. The van der Waals surface area contributed by atoms with Crippen molar-refractivity contribution in [2.24, 2.45) is 0 Å². The van der Waals surface area contributed by atoms with Gasteiger partial charge in [-0.2, -0.15) is 5.26 Å². The van der Waals surface area contributed by atoms with Crippen molar-refractivity contribution in [2.75, 3.05) is 0 Å². The fraction of sp³-hybridized carbons (Fsp3) is 0.111. The summed E-state index contributed by atoms with van der Waals surface area (Å²) in [7, 11) is 0. The Morgan fingerprint density at radius 3 is 2.26 bits per heavy atom. The Bertz CT molecular complexity index is 987. The van der Waals surface area contributed by atoms with E-state index in [1.165, 1.54) is 0 Å². The zero-order valence-corrected chi connectivity index (χ0v) is 12.8. The summed E-state index contributed by atoms with van der Waals surface area (Å²) in [4.78, 5) is 9.18. The van der Waals surface area contributed by atoms with Crippen molar-refractivity contribution >= 4 is 22.5 Å². The lowest BCUT2D eigenvalue weighted by molar-refractivity contribution is -0.600. The van der Waals surface area contributed by atoms with Crippen LogP contribution >= 0.6 is 0 Å². The van der Waals surface area contributed by atoms with Crippen LogP contribution in [-0.4, -0.2) is 15.8 Å². The Hall–Kier alpha value is -3.35. The van der Waals surface area contributed by atoms with Crippen LogP contribution < -0.4 is 4.57 Å². The first-order chi connectivity index (χ1) is 11.1. The van der Waals surface area contributed by atoms with Gasteiger partial charge in [0.05, 0.1) is 12.4 Å². The van der Waals surface area contributed by atoms with E-state index in [1.54, 1.807) is 0 Å². The Kier molecular flexibility index (Phi) is 3.68. The van der Waals surface area contributed by atoms with E-state index in [2.05, 4.69) is 21.9 Å². The summed E-state index contributed by atoms with van der Waals surface area (Å²) in [5.41, 5.74) is 3.98. The standard InChI is InChI=1S/C18H14N5/c1-12-7-13(2)11-23(10-12)18-17(14(8-19)9-20)21-15-5-3-4-6-16(15)22-18/h3-7,10-11,19H,1-2H3/q+1. The Morgan fingerprint density at radius 2 is 1.70 bits per heavy atom. The molecule has 0 amide bonds. The van der Waals surface area contributed by atoms with Gasteiger partial charge in [0.1, 0.15) is 17.2 Å². The third kappa shape index (κ3) is 2.71. The van der Waals surface area contributed by atoms with Crippen LogP contribution in [0.1, 0.15) is 16.8 Å². The van der Waals surface area contributed by atoms with E-state index in [-0.39, 0.29) is 5.57 Å². The minimum absolute atomic E-state index is 0.0601. The Balaban J connectivity index is 2.39. The first-order valence-electron chi connectivity index (χ1n) is 7.09. The van der Waals surface area contributed by atoms with Crippen molar-refractivity contribution in [2.45, 2.75) is 13.8 Å². The molecule has 2 aromatic heterocycles. The molecule has 5 heteroatoms. The third-order valence-electron chi connectivity index (χ3n) is 3.41. The highest BCUT2D eigenvalue weighted by atomic mass is 15.1. The number of hydrogen-bond donors (Lipinski definition) is 1. The van der Waals surface area contributed by atoms with E-state index < -0.39 is 0 Å². The normalized spacial score (nSPS) is 10.1. The van der Waals surface area contributed by atoms with Crippen LogP contribution in [0.5, 0.6) is 0 Å². The number of aryl methyl sites for hydroxylation is 2. The molecule has 0 aliphatic carbocycles. The molecule has 0 spiro atoms. The lowest BCUT2D eigenvalue weighted by Gasteiger charge is -2.04. The summed E-state index contributed by atoms with van der Waals surface area (Å²) in [5.74, 6) is 2.68. The lowest BCUT2D eigenvalue weighted by Crippen LogP contribution is -2.34. The van der Waals surface area contributed by atoms with Crippen molar-refractivity contribution in [3.63, 3.8) is 0 Å². The molecule has 3 rings (SSSR count). The van der Waals surface area contributed by atoms with Crippen LogP contribution in [0.3, 0.4) is 0 Å². The molecule has 0 aliphatic rings. The molecule has 0 aliphatic heterocycles. The summed E-state index contributed by atoms with van der Waals surface area (Å²) in [6.07, 6.45) is 3.85. The van der Waals surface area contributed by atoms with Gasteiger partial charge >= 0.3 is 5.82 Å². The number of rotatable bonds is 2. The molecule has 0 atom stereocenters. The Morgan fingerprint density at radius 1 is 1.09 bits per heavy atom. The monoisotopic (exact) mass is 300 g/mol. The molecule has 0 bridgehead atoms. The van der Waals surface area contributed by atoms with E-state index in [4.69, 9.17) is 5.41 Å². The summed E-state index contributed by atoms with van der Waals surface area (Å²) >= 11 is 0. The lowest BCUT2D eigenvalue weighted by atomic mass is 10.2. The number of fused-ring (bicyclic) bond motifs is 1. The molecule has 110 valence electrons. The molecule has 0 fully saturated rings. The number of allylic oxidation sites excluding steroid dienone is 1. The highest BCUT2D eigenvalue weighted by Crippen LogP contribution is 2.18. The quantitative estimate of drug-likeness (QED) is 0.449. The van der Waals surface area contributed by atoms with Crippen LogP contribution in [0, 0.1) is 30.6 Å². The second kappa shape index (κ2) is 5.80. The number of nitrogens with one attached hydrogen (secondary N) is 1. The maximum Gasteiger partial charge on any atom is 0.356 e. The van der Waals surface area contributed by atoms with Crippen LogP contribution in [0.25, 0.3) is 22.4 Å². The number of benzene rings is 1. The number of aromatic nitrogens is 3. The average Bonchev–Trinajstić information content (AvgIpc) is 2.54. The van der Waals surface area contributed by atoms with E-state index in [1.807, 2.05) is 61.1 Å². The SMILES string of the molecule is Cc1cc(C)c[n+](-c2nc3ccccc3nc2C(=C=N)C#N)c1. The molecule has 0 unspecified atom stereocenters. The second-order valence-electron chi connectivity index (χ2n) is 5.29. The van der Waals surface area contributed by atoms with Gasteiger partial charge in [0.2, 0.25) is 5.52 Å². The zero-order chi connectivity index (χ0) is 16.4. The van der Waals surface area contributed by atoms with E-state index in [0.717, 1.165) is 16.6 Å². The van der Waals surface area contributed by atoms with Gasteiger partial charge in [-0.05, 0) is 54.0 Å². The van der Waals surface area contributed by atoms with Crippen molar-refractivity contribution in [3.05, 3.63) is 59.5 Å². The summed E-state index contributed by atoms with van der Waals surface area (Å²) in [6, 6.07) is 11.5. The largest absolute Gasteiger partial charge is 0.356 e. The van der Waals surface area contributed by atoms with Gasteiger partial charge in [0, 0.05) is 0 Å². The maximum atomic E-state index is 9.29. The van der Waals surface area contributed by atoms with Crippen molar-refractivity contribution in [1.82, 2.24) is 9.97 Å². The first kappa shape index (κ1) is 14.6. The van der Waals surface area contributed by atoms with Crippen LogP contribution in [0.2, 0.25) is 0 Å². The molecular weight excluding hydrogens is 286 g/mol. The minimum atomic E-state index is 0.0601. The van der Waals surface area contributed by atoms with E-state index >= 15 is 0 Å². The molecule has 0 saturated carbocycles. The Labute approximate surface area is 133 Å². The predicted octanol–water partition coefficient (Wildman–Crippen LogP) is 2.68. The summed E-state index contributed by atoms with van der Waals surface area (Å²) < 4.78 is 1.84. The average molecular weight is 300 g/mol. The molecule has 2 heterocycles. The van der Waals surface area contributed by atoms with Gasteiger partial charge in [-0.15, -0.1) is 0 Å². The molecule has 1 aromatic carbocycles. The number of para-hydroxylation sites is 2. The van der Waals surface area contributed by atoms with Crippen molar-refractivity contribution < 1.29 is 4.57 Å². The van der Waals surface area contributed by atoms with Gasteiger partial charge in [-0.1, -0.05) is 12.1 Å². The molecule has 23 heavy (non-hydrogen) atoms. The van der Waals surface area contributed by atoms with Gasteiger partial charge in [-0.3, -0.25) is 5.41 Å². The topological polar surface area (TPSA) is 77.3 Å². The first-order valence-corrected chi connectivity index (χ1v) is 7.09. The maximum absolute atomic E-state index is 9.29. The highest BCUT2D eigenvalue weighted by Gasteiger charge is 2.23. The predicted molar refractivity (Wildman–Crippen MR) is 87.3 cm³/mol. The van der Waals surface area contributed by atoms with Crippen LogP contribution in [0.4, 0.5) is 0 Å². The second-order valence-corrected chi connectivity index (χ2v) is 5.29. The van der Waals surface area contributed by atoms with Crippen molar-refractivity contribution in [1.29, 1.82) is 10.7 Å². The van der Waals surface area contributed by atoms with E-state index in [9.17, 15) is 5.26 Å². The number of pyridine rings is 1. The number of hydrogen-bond acceptors (Lipinski definition) is 4. The summed E-state index contributed by atoms with van der Waals surface area (Å²) in [6.45, 7) is 3.99. The highest BCUT2D eigenvalue weighted by molar-refractivity contribution is 5.97. The fourth-order valence-corrected chi connectivity index (χ4v) is 2.51. The molecule has 0 saturated heterocycles. The van der Waals surface area contributed by atoms with Gasteiger partial charge in [-0.25, -0.2) is 9.55 Å².